The van der Waals surface area contributed by atoms with Gasteiger partial charge in [-0.25, -0.2) is 4.98 Å². The largest absolute Gasteiger partial charge is 0.341 e. The van der Waals surface area contributed by atoms with E-state index in [1.165, 1.54) is 17.8 Å². The van der Waals surface area contributed by atoms with Crippen LogP contribution in [0.15, 0.2) is 11.1 Å². The van der Waals surface area contributed by atoms with Crippen molar-refractivity contribution in [2.24, 2.45) is 11.8 Å². The van der Waals surface area contributed by atoms with E-state index in [1.54, 1.807) is 0 Å². The Bertz CT molecular complexity index is 681. The zero-order valence-corrected chi connectivity index (χ0v) is 14.1. The summed E-state index contributed by atoms with van der Waals surface area (Å²) in [5.41, 5.74) is 6.30. The number of H-pyrrole nitrogens is 1. The predicted octanol–water partition coefficient (Wildman–Crippen LogP) is 1.42. The number of nitrogen functional groups attached to an aromatic ring is 1. The Morgan fingerprint density at radius 1 is 1.35 bits per heavy atom. The van der Waals surface area contributed by atoms with Gasteiger partial charge in [0.2, 0.25) is 5.91 Å². The fourth-order valence-corrected chi connectivity index (χ4v) is 3.82. The van der Waals surface area contributed by atoms with Gasteiger partial charge in [0.05, 0.1) is 5.75 Å². The summed E-state index contributed by atoms with van der Waals surface area (Å²) in [6, 6.07) is 5.41. The molecule has 2 atom stereocenters. The summed E-state index contributed by atoms with van der Waals surface area (Å²) in [5.74, 6) is 1.55. The molecule has 2 heterocycles. The van der Waals surface area contributed by atoms with Crippen LogP contribution in [0.4, 0.5) is 5.82 Å². The van der Waals surface area contributed by atoms with Crippen LogP contribution in [0, 0.1) is 34.5 Å². The number of nitrogens with two attached hydrogens (primary N) is 1. The maximum atomic E-state index is 12.4. The number of nitrogens with one attached hydrogen (secondary N) is 1. The summed E-state index contributed by atoms with van der Waals surface area (Å²) in [6.45, 7) is 5.89. The van der Waals surface area contributed by atoms with E-state index in [9.17, 15) is 10.1 Å². The highest BCUT2D eigenvalue weighted by Crippen LogP contribution is 2.24. The van der Waals surface area contributed by atoms with Crippen LogP contribution in [0.1, 0.15) is 31.4 Å². The van der Waals surface area contributed by atoms with Gasteiger partial charge in [-0.05, 0) is 24.3 Å². The van der Waals surface area contributed by atoms with Crippen LogP contribution in [0.3, 0.4) is 0 Å². The second-order valence-corrected chi connectivity index (χ2v) is 7.08. The second kappa shape index (κ2) is 7.34. The summed E-state index contributed by atoms with van der Waals surface area (Å²) in [6.07, 6.45) is 1.15. The van der Waals surface area contributed by atoms with Crippen molar-refractivity contribution in [1.29, 1.82) is 10.5 Å². The maximum absolute atomic E-state index is 12.4. The Morgan fingerprint density at radius 3 is 2.52 bits per heavy atom. The summed E-state index contributed by atoms with van der Waals surface area (Å²) in [4.78, 5) is 17.1. The number of piperidine rings is 1. The number of thioether (sulfide) groups is 1. The molecular weight excluding hydrogens is 310 g/mol. The number of nitriles is 2. The van der Waals surface area contributed by atoms with Gasteiger partial charge in [-0.15, -0.1) is 0 Å². The van der Waals surface area contributed by atoms with Crippen LogP contribution in [0.2, 0.25) is 0 Å². The third kappa shape index (κ3) is 4.14. The number of hydrogen-bond donors (Lipinski definition) is 1. The molecular formula is C16H20N5OS+. The number of rotatable bonds is 3. The number of carbonyl (C=O) groups is 1. The molecule has 0 unspecified atom stereocenters. The summed E-state index contributed by atoms with van der Waals surface area (Å²) in [5, 5.41) is 18.6. The van der Waals surface area contributed by atoms with Crippen LogP contribution >= 0.6 is 11.8 Å². The van der Waals surface area contributed by atoms with Crippen molar-refractivity contribution in [3.63, 3.8) is 0 Å². The number of anilines is 1. The topological polar surface area (TPSA) is 108 Å². The Morgan fingerprint density at radius 2 is 1.96 bits per heavy atom. The van der Waals surface area contributed by atoms with E-state index in [0.717, 1.165) is 19.5 Å². The number of nitrogens with zero attached hydrogens (tertiary/aromatic N) is 3. The summed E-state index contributed by atoms with van der Waals surface area (Å²) >= 11 is 1.25. The van der Waals surface area contributed by atoms with Gasteiger partial charge in [0.25, 0.3) is 5.82 Å². The molecule has 2 rings (SSSR count). The predicted molar refractivity (Wildman–Crippen MR) is 87.1 cm³/mol. The fourth-order valence-electron chi connectivity index (χ4n) is 2.93. The smallest absolute Gasteiger partial charge is 0.289 e. The number of likely N-dealkylation sites (tertiary alicyclic amines) is 1. The standard InChI is InChI=1S/C16H19N5OS/c1-10-3-11(2)8-21(7-10)14(22)9-23-16-13(6-18)4-12(5-17)15(19)20-16/h4,10-11H,3,7-9H2,1-2H3,(H2,19,20)/p+1/t10-,11-/m1/s1. The van der Waals surface area contributed by atoms with Gasteiger partial charge in [0.15, 0.2) is 5.03 Å². The highest BCUT2D eigenvalue weighted by Gasteiger charge is 2.26. The molecule has 0 aliphatic carbocycles. The minimum Gasteiger partial charge on any atom is -0.341 e. The van der Waals surface area contributed by atoms with E-state index >= 15 is 0 Å². The lowest BCUT2D eigenvalue weighted by atomic mass is 9.92. The van der Waals surface area contributed by atoms with Crippen LogP contribution in [-0.2, 0) is 4.79 Å². The molecule has 0 aromatic carbocycles. The Hall–Kier alpha value is -2.25. The third-order valence-electron chi connectivity index (χ3n) is 3.87. The van der Waals surface area contributed by atoms with Crippen molar-refractivity contribution in [3.05, 3.63) is 17.2 Å². The molecule has 7 heteroatoms. The molecule has 23 heavy (non-hydrogen) atoms. The van der Waals surface area contributed by atoms with Gasteiger partial charge >= 0.3 is 0 Å². The molecule has 1 aromatic rings. The molecule has 0 spiro atoms. The molecule has 1 amide bonds. The number of aromatic nitrogens is 1. The zero-order chi connectivity index (χ0) is 17.0. The van der Waals surface area contributed by atoms with Crippen molar-refractivity contribution >= 4 is 23.5 Å². The normalized spacial score (nSPS) is 20.6. The Labute approximate surface area is 140 Å². The molecule has 0 radical (unpaired) electrons. The maximum Gasteiger partial charge on any atom is 0.289 e. The lowest BCUT2D eigenvalue weighted by Gasteiger charge is -2.34. The molecule has 6 nitrogen and oxygen atoms in total. The lowest BCUT2D eigenvalue weighted by molar-refractivity contribution is -0.410. The Balaban J connectivity index is 2.06. The van der Waals surface area contributed by atoms with Gasteiger partial charge in [0, 0.05) is 13.1 Å². The molecule has 1 saturated heterocycles. The summed E-state index contributed by atoms with van der Waals surface area (Å²) in [7, 11) is 0. The minimum atomic E-state index is 0.0635. The van der Waals surface area contributed by atoms with Crippen molar-refractivity contribution in [2.75, 3.05) is 24.6 Å². The first-order chi connectivity index (χ1) is 10.9. The van der Waals surface area contributed by atoms with Crippen molar-refractivity contribution in [3.8, 4) is 12.1 Å². The van der Waals surface area contributed by atoms with Gasteiger partial charge in [-0.3, -0.25) is 10.5 Å². The molecule has 1 fully saturated rings. The Kier molecular flexibility index (Phi) is 5.46. The first-order valence-electron chi connectivity index (χ1n) is 7.51. The van der Waals surface area contributed by atoms with Crippen molar-refractivity contribution in [1.82, 2.24) is 4.90 Å². The molecule has 3 N–H and O–H groups in total. The third-order valence-corrected chi connectivity index (χ3v) is 4.88. The van der Waals surface area contributed by atoms with Crippen LogP contribution in [-0.4, -0.2) is 29.6 Å². The minimum absolute atomic E-state index is 0.0635. The van der Waals surface area contributed by atoms with Gasteiger partial charge in [-0.1, -0.05) is 25.6 Å². The number of aromatic amines is 1. The molecule has 1 aromatic heterocycles. The highest BCUT2D eigenvalue weighted by molar-refractivity contribution is 7.99. The van der Waals surface area contributed by atoms with Crippen molar-refractivity contribution in [2.45, 2.75) is 25.3 Å². The van der Waals surface area contributed by atoms with E-state index in [0.29, 0.717) is 22.4 Å². The number of amides is 1. The quantitative estimate of drug-likeness (QED) is 0.843. The highest BCUT2D eigenvalue weighted by atomic mass is 32.2. The molecule has 1 aliphatic rings. The molecule has 0 bridgehead atoms. The van der Waals surface area contributed by atoms with Crippen LogP contribution < -0.4 is 10.7 Å². The van der Waals surface area contributed by atoms with E-state index in [4.69, 9.17) is 11.0 Å². The molecule has 0 saturated carbocycles. The van der Waals surface area contributed by atoms with Crippen LogP contribution in [0.5, 0.6) is 0 Å². The average molecular weight is 330 g/mol. The fraction of sp³-hybridized carbons (Fsp3) is 0.500. The van der Waals surface area contributed by atoms with Gasteiger partial charge in [-0.2, -0.15) is 10.5 Å². The first kappa shape index (κ1) is 17.1. The molecule has 1 aliphatic heterocycles. The van der Waals surface area contributed by atoms with Gasteiger partial charge < -0.3 is 4.90 Å². The number of carbonyl (C=O) groups excluding carboxylic acids is 1. The second-order valence-electron chi connectivity index (χ2n) is 6.10. The number of hydrogen-bond acceptors (Lipinski definition) is 5. The summed E-state index contributed by atoms with van der Waals surface area (Å²) < 4.78 is 0. The molecule has 120 valence electrons. The van der Waals surface area contributed by atoms with E-state index in [2.05, 4.69) is 18.8 Å². The van der Waals surface area contributed by atoms with E-state index in [1.807, 2.05) is 17.0 Å². The van der Waals surface area contributed by atoms with E-state index in [-0.39, 0.29) is 23.0 Å². The average Bonchev–Trinajstić information content (AvgIpc) is 2.51. The first-order valence-corrected chi connectivity index (χ1v) is 8.49. The zero-order valence-electron chi connectivity index (χ0n) is 13.3. The van der Waals surface area contributed by atoms with Crippen LogP contribution in [0.25, 0.3) is 0 Å². The number of pyridine rings is 1. The monoisotopic (exact) mass is 330 g/mol. The lowest BCUT2D eigenvalue weighted by Crippen LogP contribution is -2.43. The van der Waals surface area contributed by atoms with E-state index < -0.39 is 0 Å². The van der Waals surface area contributed by atoms with Crippen molar-refractivity contribution < 1.29 is 9.78 Å². The van der Waals surface area contributed by atoms with Gasteiger partial charge in [0.1, 0.15) is 23.3 Å². The SMILES string of the molecule is C[C@@H]1C[C@@H](C)CN(C(=O)CSc2[nH+]c(N)c(C#N)cc2C#N)C1.